The first-order chi connectivity index (χ1) is 13.5. The lowest BCUT2D eigenvalue weighted by Crippen LogP contribution is -2.31. The molecule has 0 spiro atoms. The fraction of sp³-hybridized carbons (Fsp3) is 0.278. The van der Waals surface area contributed by atoms with Gasteiger partial charge in [0.25, 0.3) is 0 Å². The Morgan fingerprint density at radius 2 is 1.97 bits per heavy atom. The zero-order valence-electron chi connectivity index (χ0n) is 16.1. The zero-order chi connectivity index (χ0) is 19.9. The van der Waals surface area contributed by atoms with Gasteiger partial charge in [-0.1, -0.05) is 30.3 Å². The summed E-state index contributed by atoms with van der Waals surface area (Å²) in [6.07, 6.45) is 4.77. The quantitative estimate of drug-likeness (QED) is 0.494. The molecule has 3 aromatic rings. The van der Waals surface area contributed by atoms with E-state index in [1.165, 1.54) is 11.0 Å². The van der Waals surface area contributed by atoms with Gasteiger partial charge in [-0.05, 0) is 12.6 Å². The molecular formula is C18H23ClN8O2. The van der Waals surface area contributed by atoms with Gasteiger partial charge in [0.1, 0.15) is 18.9 Å². The number of carbonyl (C=O) groups excluding carboxylic acids is 2. The maximum atomic E-state index is 12.5. The van der Waals surface area contributed by atoms with Gasteiger partial charge in [-0.15, -0.1) is 17.5 Å². The van der Waals surface area contributed by atoms with Crippen molar-refractivity contribution in [3.8, 4) is 0 Å². The predicted octanol–water partition coefficient (Wildman–Crippen LogP) is 0.649. The van der Waals surface area contributed by atoms with Crippen molar-refractivity contribution < 1.29 is 9.59 Å². The van der Waals surface area contributed by atoms with Gasteiger partial charge in [0, 0.05) is 25.4 Å². The Balaban J connectivity index is 0.00000300. The molecule has 0 bridgehead atoms. The fourth-order valence-electron chi connectivity index (χ4n) is 2.65. The summed E-state index contributed by atoms with van der Waals surface area (Å²) in [5, 5.41) is 16.6. The monoisotopic (exact) mass is 418 g/mol. The summed E-state index contributed by atoms with van der Waals surface area (Å²) in [6.45, 7) is 0.445. The van der Waals surface area contributed by atoms with Crippen LogP contribution in [0, 0.1) is 0 Å². The summed E-state index contributed by atoms with van der Waals surface area (Å²) in [5.41, 5.74) is 1.73. The fourth-order valence-corrected chi connectivity index (χ4v) is 2.65. The normalized spacial score (nSPS) is 11.4. The molecular weight excluding hydrogens is 396 g/mol. The minimum absolute atomic E-state index is 0. The number of rotatable bonds is 8. The SMILES string of the molecule is CNC(C(=O)Nc1ncn(CC(=O)NCc2ccccc2)n1)c1cnn(C)c1.Cl. The molecule has 2 amide bonds. The number of anilines is 1. The van der Waals surface area contributed by atoms with Gasteiger partial charge in [-0.3, -0.25) is 19.6 Å². The number of hydrogen-bond acceptors (Lipinski definition) is 6. The number of amides is 2. The van der Waals surface area contributed by atoms with Crippen molar-refractivity contribution in [3.05, 3.63) is 60.2 Å². The molecule has 0 aliphatic rings. The maximum Gasteiger partial charge on any atom is 0.248 e. The molecule has 1 atom stereocenters. The van der Waals surface area contributed by atoms with Crippen molar-refractivity contribution >= 4 is 30.2 Å². The molecule has 1 aromatic carbocycles. The minimum Gasteiger partial charge on any atom is -0.350 e. The number of halogens is 1. The van der Waals surface area contributed by atoms with E-state index in [-0.39, 0.29) is 36.7 Å². The summed E-state index contributed by atoms with van der Waals surface area (Å²) in [4.78, 5) is 28.6. The van der Waals surface area contributed by atoms with E-state index in [0.717, 1.165) is 11.1 Å². The molecule has 11 heteroatoms. The van der Waals surface area contributed by atoms with E-state index in [4.69, 9.17) is 0 Å². The predicted molar refractivity (Wildman–Crippen MR) is 109 cm³/mol. The number of aryl methyl sites for hydroxylation is 1. The molecule has 10 nitrogen and oxygen atoms in total. The second-order valence-corrected chi connectivity index (χ2v) is 6.19. The Hall–Kier alpha value is -3.24. The van der Waals surface area contributed by atoms with E-state index in [2.05, 4.69) is 31.1 Å². The van der Waals surface area contributed by atoms with Crippen LogP contribution in [-0.2, 0) is 29.7 Å². The maximum absolute atomic E-state index is 12.5. The van der Waals surface area contributed by atoms with Crippen molar-refractivity contribution in [2.75, 3.05) is 12.4 Å². The van der Waals surface area contributed by atoms with E-state index >= 15 is 0 Å². The average Bonchev–Trinajstić information content (AvgIpc) is 3.30. The van der Waals surface area contributed by atoms with Gasteiger partial charge in [-0.25, -0.2) is 9.67 Å². The molecule has 0 saturated carbocycles. The van der Waals surface area contributed by atoms with Crippen molar-refractivity contribution in [2.45, 2.75) is 19.1 Å². The number of nitrogens with one attached hydrogen (secondary N) is 3. The van der Waals surface area contributed by atoms with Crippen LogP contribution in [-0.4, -0.2) is 43.4 Å². The molecule has 0 saturated heterocycles. The summed E-state index contributed by atoms with van der Waals surface area (Å²) < 4.78 is 2.99. The van der Waals surface area contributed by atoms with Crippen molar-refractivity contribution in [1.82, 2.24) is 35.2 Å². The highest BCUT2D eigenvalue weighted by Gasteiger charge is 2.21. The van der Waals surface area contributed by atoms with Gasteiger partial charge >= 0.3 is 0 Å². The first-order valence-corrected chi connectivity index (χ1v) is 8.72. The summed E-state index contributed by atoms with van der Waals surface area (Å²) >= 11 is 0. The Kier molecular flexibility index (Phi) is 7.87. The minimum atomic E-state index is -0.588. The number of hydrogen-bond donors (Lipinski definition) is 3. The van der Waals surface area contributed by atoms with Crippen LogP contribution in [0.25, 0.3) is 0 Å². The lowest BCUT2D eigenvalue weighted by molar-refractivity contribution is -0.122. The van der Waals surface area contributed by atoms with E-state index in [1.807, 2.05) is 30.3 Å². The van der Waals surface area contributed by atoms with Crippen molar-refractivity contribution in [1.29, 1.82) is 0 Å². The highest BCUT2D eigenvalue weighted by molar-refractivity contribution is 5.94. The molecule has 2 heterocycles. The molecule has 29 heavy (non-hydrogen) atoms. The molecule has 0 aliphatic heterocycles. The van der Waals surface area contributed by atoms with Crippen LogP contribution in [0.4, 0.5) is 5.95 Å². The smallest absolute Gasteiger partial charge is 0.248 e. The third-order valence-electron chi connectivity index (χ3n) is 4.02. The van der Waals surface area contributed by atoms with Crippen LogP contribution in [0.1, 0.15) is 17.2 Å². The van der Waals surface area contributed by atoms with Gasteiger partial charge in [0.15, 0.2) is 0 Å². The molecule has 3 rings (SSSR count). The van der Waals surface area contributed by atoms with Crippen LogP contribution in [0.5, 0.6) is 0 Å². The van der Waals surface area contributed by atoms with Gasteiger partial charge < -0.3 is 10.6 Å². The Bertz CT molecular complexity index is 940. The number of carbonyl (C=O) groups is 2. The highest BCUT2D eigenvalue weighted by atomic mass is 35.5. The molecule has 3 N–H and O–H groups in total. The lowest BCUT2D eigenvalue weighted by Gasteiger charge is -2.12. The van der Waals surface area contributed by atoms with Crippen LogP contribution in [0.15, 0.2) is 49.1 Å². The Morgan fingerprint density at radius 3 is 2.62 bits per heavy atom. The first kappa shape index (κ1) is 22.1. The molecule has 0 fully saturated rings. The number of likely N-dealkylation sites (N-methyl/N-ethyl adjacent to an activating group) is 1. The van der Waals surface area contributed by atoms with E-state index in [1.54, 1.807) is 31.2 Å². The summed E-state index contributed by atoms with van der Waals surface area (Å²) in [7, 11) is 3.46. The molecule has 0 aliphatic carbocycles. The van der Waals surface area contributed by atoms with Crippen LogP contribution < -0.4 is 16.0 Å². The largest absolute Gasteiger partial charge is 0.350 e. The topological polar surface area (TPSA) is 119 Å². The zero-order valence-corrected chi connectivity index (χ0v) is 16.9. The molecule has 0 radical (unpaired) electrons. The van der Waals surface area contributed by atoms with Crippen LogP contribution in [0.2, 0.25) is 0 Å². The van der Waals surface area contributed by atoms with E-state index in [9.17, 15) is 9.59 Å². The van der Waals surface area contributed by atoms with Crippen molar-refractivity contribution in [3.63, 3.8) is 0 Å². The molecule has 2 aromatic heterocycles. The number of aromatic nitrogens is 5. The van der Waals surface area contributed by atoms with Crippen LogP contribution in [0.3, 0.4) is 0 Å². The second kappa shape index (κ2) is 10.3. The standard InChI is InChI=1S/C18H22N8O2.ClH/c1-19-16(14-9-22-25(2)10-14)17(28)23-18-21-12-26(24-18)11-15(27)20-8-13-6-4-3-5-7-13;/h3-7,9-10,12,16,19H,8,11H2,1-2H3,(H,20,27)(H,23,24,28);1H. The van der Waals surface area contributed by atoms with E-state index in [0.29, 0.717) is 6.54 Å². The molecule has 1 unspecified atom stereocenters. The number of nitrogens with zero attached hydrogens (tertiary/aromatic N) is 5. The van der Waals surface area contributed by atoms with Gasteiger partial charge in [0.2, 0.25) is 17.8 Å². The average molecular weight is 419 g/mol. The Labute approximate surface area is 174 Å². The summed E-state index contributed by atoms with van der Waals surface area (Å²) in [6, 6.07) is 9.03. The third-order valence-corrected chi connectivity index (χ3v) is 4.02. The van der Waals surface area contributed by atoms with E-state index < -0.39 is 6.04 Å². The molecule has 154 valence electrons. The third kappa shape index (κ3) is 6.13. The van der Waals surface area contributed by atoms with Gasteiger partial charge in [-0.2, -0.15) is 5.10 Å². The second-order valence-electron chi connectivity index (χ2n) is 6.19. The van der Waals surface area contributed by atoms with Gasteiger partial charge in [0.05, 0.1) is 6.20 Å². The Morgan fingerprint density at radius 1 is 1.21 bits per heavy atom. The van der Waals surface area contributed by atoms with Crippen LogP contribution >= 0.6 is 12.4 Å². The highest BCUT2D eigenvalue weighted by Crippen LogP contribution is 2.13. The first-order valence-electron chi connectivity index (χ1n) is 8.72. The number of benzene rings is 1. The lowest BCUT2D eigenvalue weighted by atomic mass is 10.1. The van der Waals surface area contributed by atoms with Crippen molar-refractivity contribution in [2.24, 2.45) is 7.05 Å². The summed E-state index contributed by atoms with van der Waals surface area (Å²) in [5.74, 6) is -0.387.